The fraction of sp³-hybridized carbons (Fsp3) is 0.500. The van der Waals surface area contributed by atoms with Crippen LogP contribution in [0.1, 0.15) is 50.2 Å². The topological polar surface area (TPSA) is 70.1 Å². The van der Waals surface area contributed by atoms with E-state index in [2.05, 4.69) is 42.7 Å². The van der Waals surface area contributed by atoms with Crippen LogP contribution in [0.5, 0.6) is 5.75 Å². The van der Waals surface area contributed by atoms with Gasteiger partial charge in [0.25, 0.3) is 0 Å². The summed E-state index contributed by atoms with van der Waals surface area (Å²) in [5.74, 6) is 7.70. The smallest absolute Gasteiger partial charge is 0.243 e. The maximum absolute atomic E-state index is 13.5. The van der Waals surface area contributed by atoms with Crippen molar-refractivity contribution in [2.75, 3.05) is 33.4 Å². The molecule has 1 N–H and O–H groups in total. The molecule has 0 radical (unpaired) electrons. The minimum absolute atomic E-state index is 0.00140. The Morgan fingerprint density at radius 2 is 1.74 bits per heavy atom. The van der Waals surface area contributed by atoms with Crippen LogP contribution in [-0.2, 0) is 10.0 Å². The van der Waals surface area contributed by atoms with E-state index in [1.54, 1.807) is 35.7 Å². The van der Waals surface area contributed by atoms with Crippen molar-refractivity contribution in [3.63, 3.8) is 0 Å². The van der Waals surface area contributed by atoms with Gasteiger partial charge in [0.2, 0.25) is 10.0 Å². The average Bonchev–Trinajstić information content (AvgIpc) is 2.83. The first kappa shape index (κ1) is 25.7. The van der Waals surface area contributed by atoms with E-state index in [1.165, 1.54) is 0 Å². The van der Waals surface area contributed by atoms with Crippen molar-refractivity contribution in [2.45, 2.75) is 56.0 Å². The SMILES string of the molecule is COc1ccc(S(=O)(=O)N2CCCCN3[C@@H](CO)[C@@H](c4ccc(C#CCC(C)C)cc4)[C@@H]3C2)cc1. The quantitative estimate of drug-likeness (QED) is 0.618. The van der Waals surface area contributed by atoms with Gasteiger partial charge in [0.15, 0.2) is 0 Å². The summed E-state index contributed by atoms with van der Waals surface area (Å²) in [4.78, 5) is 2.57. The number of aliphatic hydroxyl groups is 1. The van der Waals surface area contributed by atoms with Crippen LogP contribution < -0.4 is 4.74 Å². The third-order valence-electron chi connectivity index (χ3n) is 7.07. The highest BCUT2D eigenvalue weighted by atomic mass is 32.2. The summed E-state index contributed by atoms with van der Waals surface area (Å²) in [5, 5.41) is 10.2. The molecular weight excluding hydrogens is 460 g/mol. The lowest BCUT2D eigenvalue weighted by atomic mass is 9.74. The largest absolute Gasteiger partial charge is 0.497 e. The van der Waals surface area contributed by atoms with Gasteiger partial charge in [-0.3, -0.25) is 4.90 Å². The molecule has 3 atom stereocenters. The predicted molar refractivity (Wildman–Crippen MR) is 138 cm³/mol. The molecule has 0 bridgehead atoms. The predicted octanol–water partition coefficient (Wildman–Crippen LogP) is 3.71. The molecular formula is C28H36N2O4S. The van der Waals surface area contributed by atoms with Gasteiger partial charge in [-0.2, -0.15) is 4.31 Å². The molecule has 4 rings (SSSR count). The molecule has 2 aromatic rings. The Bertz CT molecular complexity index is 1150. The van der Waals surface area contributed by atoms with Crippen LogP contribution in [0.25, 0.3) is 0 Å². The fourth-order valence-electron chi connectivity index (χ4n) is 5.17. The van der Waals surface area contributed by atoms with E-state index in [-0.39, 0.29) is 29.5 Å². The molecule has 2 saturated heterocycles. The van der Waals surface area contributed by atoms with Gasteiger partial charge in [-0.05, 0) is 67.3 Å². The Kier molecular flexibility index (Phi) is 8.18. The van der Waals surface area contributed by atoms with Crippen LogP contribution in [0, 0.1) is 17.8 Å². The molecule has 0 aliphatic carbocycles. The highest BCUT2D eigenvalue weighted by molar-refractivity contribution is 7.89. The second kappa shape index (κ2) is 11.1. The lowest BCUT2D eigenvalue weighted by Crippen LogP contribution is -2.67. The molecule has 2 aliphatic rings. The van der Waals surface area contributed by atoms with Gasteiger partial charge in [-0.15, -0.1) is 0 Å². The summed E-state index contributed by atoms with van der Waals surface area (Å²) < 4.78 is 33.8. The number of aliphatic hydroxyl groups excluding tert-OH is 1. The van der Waals surface area contributed by atoms with E-state index in [0.717, 1.165) is 36.9 Å². The maximum atomic E-state index is 13.5. The first-order valence-corrected chi connectivity index (χ1v) is 13.9. The van der Waals surface area contributed by atoms with Gasteiger partial charge in [0.1, 0.15) is 5.75 Å². The molecule has 0 aromatic heterocycles. The molecule has 2 fully saturated rings. The van der Waals surface area contributed by atoms with Crippen molar-refractivity contribution in [2.24, 2.45) is 5.92 Å². The van der Waals surface area contributed by atoms with Crippen LogP contribution in [0.15, 0.2) is 53.4 Å². The monoisotopic (exact) mass is 496 g/mol. The summed E-state index contributed by atoms with van der Waals surface area (Å²) in [5.41, 5.74) is 2.11. The average molecular weight is 497 g/mol. The normalized spacial score (nSPS) is 23.4. The first-order valence-electron chi connectivity index (χ1n) is 12.4. The molecule has 2 aromatic carbocycles. The van der Waals surface area contributed by atoms with Crippen LogP contribution >= 0.6 is 0 Å². The zero-order valence-corrected chi connectivity index (χ0v) is 21.7. The lowest BCUT2D eigenvalue weighted by Gasteiger charge is -2.57. The van der Waals surface area contributed by atoms with Gasteiger partial charge >= 0.3 is 0 Å². The maximum Gasteiger partial charge on any atom is 0.243 e. The number of sulfonamides is 1. The van der Waals surface area contributed by atoms with Crippen molar-refractivity contribution >= 4 is 10.0 Å². The molecule has 0 saturated carbocycles. The lowest BCUT2D eigenvalue weighted by molar-refractivity contribution is -0.0553. The summed E-state index contributed by atoms with van der Waals surface area (Å²) in [6, 6.07) is 14.9. The molecule has 2 aliphatic heterocycles. The van der Waals surface area contributed by atoms with E-state index in [0.29, 0.717) is 24.8 Å². The van der Waals surface area contributed by atoms with Crippen molar-refractivity contribution in [1.82, 2.24) is 9.21 Å². The Labute approximate surface area is 210 Å². The Hall–Kier alpha value is -2.37. The Morgan fingerprint density at radius 3 is 2.37 bits per heavy atom. The number of ether oxygens (including phenoxy) is 1. The van der Waals surface area contributed by atoms with Crippen LogP contribution in [0.3, 0.4) is 0 Å². The summed E-state index contributed by atoms with van der Waals surface area (Å²) in [7, 11) is -2.07. The van der Waals surface area contributed by atoms with Crippen molar-refractivity contribution in [1.29, 1.82) is 0 Å². The van der Waals surface area contributed by atoms with Gasteiger partial charge < -0.3 is 9.84 Å². The van der Waals surface area contributed by atoms with Gasteiger partial charge in [-0.25, -0.2) is 8.42 Å². The molecule has 188 valence electrons. The molecule has 2 heterocycles. The third-order valence-corrected chi connectivity index (χ3v) is 8.95. The van der Waals surface area contributed by atoms with Crippen molar-refractivity contribution in [3.05, 3.63) is 59.7 Å². The zero-order chi connectivity index (χ0) is 25.0. The van der Waals surface area contributed by atoms with Crippen LogP contribution in [-0.4, -0.2) is 68.2 Å². The van der Waals surface area contributed by atoms with Crippen LogP contribution in [0.4, 0.5) is 0 Å². The van der Waals surface area contributed by atoms with Gasteiger partial charge in [-0.1, -0.05) is 37.8 Å². The Morgan fingerprint density at radius 1 is 1.06 bits per heavy atom. The van der Waals surface area contributed by atoms with E-state index in [9.17, 15) is 13.5 Å². The van der Waals surface area contributed by atoms with Crippen LogP contribution in [0.2, 0.25) is 0 Å². The van der Waals surface area contributed by atoms with Gasteiger partial charge in [0, 0.05) is 43.1 Å². The Balaban J connectivity index is 1.56. The number of fused-ring (bicyclic) bond motifs is 1. The standard InChI is InChI=1S/C28H36N2O4S/c1-21(2)7-6-8-22-9-11-23(12-10-22)28-26-19-29(17-4-5-18-30(26)27(28)20-31)35(32,33)25-15-13-24(34-3)14-16-25/h9-16,21,26-28,31H,4-5,7,17-20H2,1-3H3/t26-,27-,28-/m0/s1. The van der Waals surface area contributed by atoms with Crippen molar-refractivity contribution in [3.8, 4) is 17.6 Å². The summed E-state index contributed by atoms with van der Waals surface area (Å²) >= 11 is 0. The molecule has 0 spiro atoms. The number of methoxy groups -OCH3 is 1. The second-order valence-corrected chi connectivity index (χ2v) is 11.8. The van der Waals surface area contributed by atoms with Gasteiger partial charge in [0.05, 0.1) is 18.6 Å². The van der Waals surface area contributed by atoms with E-state index in [1.807, 2.05) is 12.1 Å². The van der Waals surface area contributed by atoms with E-state index in [4.69, 9.17) is 4.74 Å². The molecule has 0 unspecified atom stereocenters. The second-order valence-electron chi connectivity index (χ2n) is 9.85. The fourth-order valence-corrected chi connectivity index (χ4v) is 6.67. The van der Waals surface area contributed by atoms with E-state index < -0.39 is 10.0 Å². The summed E-state index contributed by atoms with van der Waals surface area (Å²) in [6.07, 6.45) is 2.57. The molecule has 7 heteroatoms. The molecule has 6 nitrogen and oxygen atoms in total. The third kappa shape index (κ3) is 5.57. The highest BCUT2D eigenvalue weighted by Crippen LogP contribution is 2.42. The van der Waals surface area contributed by atoms with E-state index >= 15 is 0 Å². The zero-order valence-electron chi connectivity index (χ0n) is 20.9. The van der Waals surface area contributed by atoms with Crippen molar-refractivity contribution < 1.29 is 18.3 Å². The molecule has 0 amide bonds. The number of benzene rings is 2. The summed E-state index contributed by atoms with van der Waals surface area (Å²) in [6.45, 7) is 6.15. The minimum Gasteiger partial charge on any atom is -0.497 e. The highest BCUT2D eigenvalue weighted by Gasteiger charge is 2.50. The number of rotatable bonds is 6. The molecule has 35 heavy (non-hydrogen) atoms. The number of nitrogens with zero attached hydrogens (tertiary/aromatic N) is 2. The first-order chi connectivity index (χ1) is 16.8. The number of hydrogen-bond acceptors (Lipinski definition) is 5. The number of hydrogen-bond donors (Lipinski definition) is 1. The minimum atomic E-state index is -3.63.